The third-order valence-electron chi connectivity index (χ3n) is 4.48. The number of ketones is 1. The Kier molecular flexibility index (Phi) is 6.52. The van der Waals surface area contributed by atoms with Crippen molar-refractivity contribution in [2.75, 3.05) is 6.61 Å². The number of rotatable bonds is 7. The van der Waals surface area contributed by atoms with E-state index in [0.29, 0.717) is 36.3 Å². The first-order chi connectivity index (χ1) is 12.3. The van der Waals surface area contributed by atoms with Gasteiger partial charge >= 0.3 is 0 Å². The van der Waals surface area contributed by atoms with Crippen LogP contribution in [0.4, 0.5) is 0 Å². The standard InChI is InChI=1S/C22H30O4/c1-6-7-15-10-11-26-22-18(15)20(24)16(9-8-13(2)3)21(25)19(22)17(23)12-14(4)5/h8,10,14,24-25H,6-7,9,11-12H2,1-5H3. The van der Waals surface area contributed by atoms with Crippen molar-refractivity contribution in [2.24, 2.45) is 5.92 Å². The molecule has 0 saturated heterocycles. The molecule has 0 amide bonds. The SMILES string of the molecule is CCCC1=CCOc2c(C(=O)CC(C)C)c(O)c(CC=C(C)C)c(O)c21. The molecule has 1 aliphatic heterocycles. The van der Waals surface area contributed by atoms with Gasteiger partial charge in [-0.15, -0.1) is 0 Å². The zero-order valence-corrected chi connectivity index (χ0v) is 16.5. The van der Waals surface area contributed by atoms with Crippen LogP contribution in [0.3, 0.4) is 0 Å². The summed E-state index contributed by atoms with van der Waals surface area (Å²) >= 11 is 0. The van der Waals surface area contributed by atoms with E-state index in [1.807, 2.05) is 39.8 Å². The molecule has 0 fully saturated rings. The first-order valence-electron chi connectivity index (χ1n) is 9.37. The highest BCUT2D eigenvalue weighted by Gasteiger charge is 2.31. The van der Waals surface area contributed by atoms with Gasteiger partial charge in [-0.2, -0.15) is 0 Å². The Bertz CT molecular complexity index is 750. The number of carbonyl (C=O) groups excluding carboxylic acids is 1. The monoisotopic (exact) mass is 358 g/mol. The van der Waals surface area contributed by atoms with Crippen molar-refractivity contribution in [3.63, 3.8) is 0 Å². The van der Waals surface area contributed by atoms with Crippen LogP contribution in [0.2, 0.25) is 0 Å². The summed E-state index contributed by atoms with van der Waals surface area (Å²) < 4.78 is 5.74. The Labute approximate surface area is 156 Å². The van der Waals surface area contributed by atoms with Crippen molar-refractivity contribution in [3.05, 3.63) is 34.4 Å². The fourth-order valence-electron chi connectivity index (χ4n) is 3.25. The van der Waals surface area contributed by atoms with Crippen LogP contribution in [0.15, 0.2) is 17.7 Å². The molecule has 1 aromatic rings. The summed E-state index contributed by atoms with van der Waals surface area (Å²) in [5, 5.41) is 21.7. The molecule has 2 rings (SSSR count). The lowest BCUT2D eigenvalue weighted by atomic mass is 9.88. The van der Waals surface area contributed by atoms with Gasteiger partial charge in [0.05, 0.1) is 5.56 Å². The molecule has 0 aromatic heterocycles. The smallest absolute Gasteiger partial charge is 0.170 e. The first kappa shape index (κ1) is 20.1. The molecule has 142 valence electrons. The molecule has 0 atom stereocenters. The number of phenolic OH excluding ortho intramolecular Hbond substituents is 2. The number of fused-ring (bicyclic) bond motifs is 1. The molecule has 0 aliphatic carbocycles. The van der Waals surface area contributed by atoms with Crippen molar-refractivity contribution < 1.29 is 19.7 Å². The summed E-state index contributed by atoms with van der Waals surface area (Å²) in [6, 6.07) is 0. The maximum absolute atomic E-state index is 12.9. The first-order valence-corrected chi connectivity index (χ1v) is 9.37. The van der Waals surface area contributed by atoms with E-state index in [4.69, 9.17) is 4.74 Å². The van der Waals surface area contributed by atoms with E-state index in [1.165, 1.54) is 0 Å². The van der Waals surface area contributed by atoms with E-state index >= 15 is 0 Å². The number of benzene rings is 1. The van der Waals surface area contributed by atoms with Gasteiger partial charge in [-0.05, 0) is 44.3 Å². The molecule has 0 spiro atoms. The molecule has 0 radical (unpaired) electrons. The van der Waals surface area contributed by atoms with Gasteiger partial charge in [-0.25, -0.2) is 0 Å². The summed E-state index contributed by atoms with van der Waals surface area (Å²) in [7, 11) is 0. The Hall–Kier alpha value is -2.23. The quantitative estimate of drug-likeness (QED) is 0.505. The largest absolute Gasteiger partial charge is 0.507 e. The van der Waals surface area contributed by atoms with Crippen LogP contribution in [0.25, 0.3) is 5.57 Å². The zero-order valence-electron chi connectivity index (χ0n) is 16.5. The van der Waals surface area contributed by atoms with Crippen LogP contribution in [0.5, 0.6) is 17.2 Å². The van der Waals surface area contributed by atoms with Crippen molar-refractivity contribution in [2.45, 2.75) is 60.3 Å². The van der Waals surface area contributed by atoms with Gasteiger partial charge in [0.25, 0.3) is 0 Å². The van der Waals surface area contributed by atoms with Crippen LogP contribution in [-0.4, -0.2) is 22.6 Å². The van der Waals surface area contributed by atoms with Crippen molar-refractivity contribution in [1.82, 2.24) is 0 Å². The maximum atomic E-state index is 12.9. The third kappa shape index (κ3) is 4.12. The second-order valence-electron chi connectivity index (χ2n) is 7.55. The molecule has 1 heterocycles. The lowest BCUT2D eigenvalue weighted by molar-refractivity contribution is 0.0961. The predicted octanol–water partition coefficient (Wildman–Crippen LogP) is 5.41. The molecule has 4 heteroatoms. The summed E-state index contributed by atoms with van der Waals surface area (Å²) in [6.45, 7) is 10.3. The minimum atomic E-state index is -0.151. The number of Topliss-reactive ketones (excluding diaryl/α,β-unsaturated/α-hetero) is 1. The topological polar surface area (TPSA) is 66.8 Å². The van der Waals surface area contributed by atoms with E-state index in [-0.39, 0.29) is 28.8 Å². The van der Waals surface area contributed by atoms with Crippen LogP contribution in [0, 0.1) is 5.92 Å². The fraction of sp³-hybridized carbons (Fsp3) is 0.500. The van der Waals surface area contributed by atoms with E-state index < -0.39 is 0 Å². The minimum Gasteiger partial charge on any atom is -0.507 e. The molecule has 0 unspecified atom stereocenters. The van der Waals surface area contributed by atoms with E-state index in [9.17, 15) is 15.0 Å². The predicted molar refractivity (Wildman–Crippen MR) is 105 cm³/mol. The number of hydrogen-bond donors (Lipinski definition) is 2. The lowest BCUT2D eigenvalue weighted by Crippen LogP contribution is -2.14. The van der Waals surface area contributed by atoms with Crippen LogP contribution < -0.4 is 4.74 Å². The van der Waals surface area contributed by atoms with Crippen molar-refractivity contribution in [1.29, 1.82) is 0 Å². The highest BCUT2D eigenvalue weighted by molar-refractivity contribution is 6.04. The maximum Gasteiger partial charge on any atom is 0.170 e. The molecule has 2 N–H and O–H groups in total. The Morgan fingerprint density at radius 2 is 1.96 bits per heavy atom. The Morgan fingerprint density at radius 1 is 1.27 bits per heavy atom. The summed E-state index contributed by atoms with van der Waals surface area (Å²) in [5.41, 5.74) is 3.23. The normalized spacial score (nSPS) is 13.1. The van der Waals surface area contributed by atoms with Gasteiger partial charge in [0, 0.05) is 12.0 Å². The van der Waals surface area contributed by atoms with Crippen LogP contribution in [-0.2, 0) is 6.42 Å². The number of carbonyl (C=O) groups is 1. The molecular weight excluding hydrogens is 328 g/mol. The number of aromatic hydroxyl groups is 2. The Balaban J connectivity index is 2.72. The number of phenols is 2. The van der Waals surface area contributed by atoms with Gasteiger partial charge in [-0.3, -0.25) is 4.79 Å². The molecule has 0 bridgehead atoms. The third-order valence-corrected chi connectivity index (χ3v) is 4.48. The van der Waals surface area contributed by atoms with E-state index in [2.05, 4.69) is 6.92 Å². The number of hydrogen-bond acceptors (Lipinski definition) is 4. The average Bonchev–Trinajstić information content (AvgIpc) is 2.54. The summed E-state index contributed by atoms with van der Waals surface area (Å²) in [6.07, 6.45) is 6.28. The molecule has 26 heavy (non-hydrogen) atoms. The van der Waals surface area contributed by atoms with Crippen LogP contribution >= 0.6 is 0 Å². The van der Waals surface area contributed by atoms with Crippen LogP contribution in [0.1, 0.15) is 75.4 Å². The van der Waals surface area contributed by atoms with Gasteiger partial charge in [-0.1, -0.05) is 38.8 Å². The Morgan fingerprint density at radius 3 is 2.54 bits per heavy atom. The summed E-state index contributed by atoms with van der Waals surface area (Å²) in [4.78, 5) is 12.9. The summed E-state index contributed by atoms with van der Waals surface area (Å²) in [5.74, 6) is 0.224. The molecule has 4 nitrogen and oxygen atoms in total. The molecule has 1 aromatic carbocycles. The van der Waals surface area contributed by atoms with Gasteiger partial charge in [0.2, 0.25) is 0 Å². The highest BCUT2D eigenvalue weighted by Crippen LogP contribution is 2.49. The fourth-order valence-corrected chi connectivity index (χ4v) is 3.25. The second kappa shape index (κ2) is 8.43. The lowest BCUT2D eigenvalue weighted by Gasteiger charge is -2.25. The zero-order chi connectivity index (χ0) is 19.4. The van der Waals surface area contributed by atoms with E-state index in [0.717, 1.165) is 24.0 Å². The molecular formula is C22H30O4. The average molecular weight is 358 g/mol. The highest BCUT2D eigenvalue weighted by atomic mass is 16.5. The van der Waals surface area contributed by atoms with Crippen molar-refractivity contribution in [3.8, 4) is 17.2 Å². The van der Waals surface area contributed by atoms with Gasteiger partial charge in [0.1, 0.15) is 29.4 Å². The van der Waals surface area contributed by atoms with Crippen molar-refractivity contribution >= 4 is 11.4 Å². The van der Waals surface area contributed by atoms with Gasteiger partial charge in [0.15, 0.2) is 5.78 Å². The minimum absolute atomic E-state index is 0.0236. The van der Waals surface area contributed by atoms with Gasteiger partial charge < -0.3 is 14.9 Å². The molecule has 0 saturated carbocycles. The molecule has 1 aliphatic rings. The number of ether oxygens (including phenoxy) is 1. The number of allylic oxidation sites excluding steroid dienone is 3. The second-order valence-corrected chi connectivity index (χ2v) is 7.55. The van der Waals surface area contributed by atoms with E-state index in [1.54, 1.807) is 0 Å².